The maximum Gasteiger partial charge on any atom is 0.342 e. The Labute approximate surface area is 93.2 Å². The van der Waals surface area contributed by atoms with Crippen LogP contribution < -0.4 is 4.74 Å². The lowest BCUT2D eigenvalue weighted by Crippen LogP contribution is -2.09. The number of pyridine rings is 1. The lowest BCUT2D eigenvalue weighted by atomic mass is 10.2. The molecule has 0 fully saturated rings. The second-order valence-corrected chi connectivity index (χ2v) is 3.01. The van der Waals surface area contributed by atoms with Gasteiger partial charge in [0.25, 0.3) is 0 Å². The van der Waals surface area contributed by atoms with Gasteiger partial charge in [0.1, 0.15) is 12.2 Å². The Bertz CT molecular complexity index is 330. The van der Waals surface area contributed by atoms with E-state index >= 15 is 0 Å². The summed E-state index contributed by atoms with van der Waals surface area (Å²) in [5, 5.41) is 0. The molecule has 0 N–H and O–H groups in total. The van der Waals surface area contributed by atoms with Gasteiger partial charge in [-0.15, -0.1) is 11.6 Å². The summed E-state index contributed by atoms with van der Waals surface area (Å²) < 4.78 is 10.1. The predicted octanol–water partition coefficient (Wildman–Crippen LogP) is 1.88. The van der Waals surface area contributed by atoms with Crippen molar-refractivity contribution in [1.82, 2.24) is 4.98 Å². The molecule has 82 valence electrons. The average Bonchev–Trinajstić information content (AvgIpc) is 2.27. The lowest BCUT2D eigenvalue weighted by Gasteiger charge is -2.08. The van der Waals surface area contributed by atoms with Gasteiger partial charge in [0.05, 0.1) is 18.7 Å². The SMILES string of the molecule is CCOC(=O)c1ccncc1OCCCl. The van der Waals surface area contributed by atoms with Crippen molar-refractivity contribution >= 4 is 17.6 Å². The van der Waals surface area contributed by atoms with E-state index in [9.17, 15) is 4.79 Å². The molecule has 15 heavy (non-hydrogen) atoms. The van der Waals surface area contributed by atoms with Gasteiger partial charge >= 0.3 is 5.97 Å². The van der Waals surface area contributed by atoms with Crippen molar-refractivity contribution in [1.29, 1.82) is 0 Å². The third-order valence-electron chi connectivity index (χ3n) is 1.61. The van der Waals surface area contributed by atoms with Crippen molar-refractivity contribution < 1.29 is 14.3 Å². The lowest BCUT2D eigenvalue weighted by molar-refractivity contribution is 0.0522. The fourth-order valence-corrected chi connectivity index (χ4v) is 1.10. The first kappa shape index (κ1) is 11.8. The predicted molar refractivity (Wildman–Crippen MR) is 56.4 cm³/mol. The highest BCUT2D eigenvalue weighted by Gasteiger charge is 2.12. The minimum Gasteiger partial charge on any atom is -0.490 e. The van der Waals surface area contributed by atoms with Crippen LogP contribution in [0.15, 0.2) is 18.5 Å². The van der Waals surface area contributed by atoms with Gasteiger partial charge in [-0.05, 0) is 13.0 Å². The van der Waals surface area contributed by atoms with E-state index in [2.05, 4.69) is 4.98 Å². The third kappa shape index (κ3) is 3.40. The van der Waals surface area contributed by atoms with Crippen molar-refractivity contribution in [3.05, 3.63) is 24.0 Å². The molecule has 5 heteroatoms. The Morgan fingerprint density at radius 2 is 2.40 bits per heavy atom. The number of aromatic nitrogens is 1. The number of halogens is 1. The first-order chi connectivity index (χ1) is 7.29. The number of esters is 1. The molecule has 1 aromatic rings. The minimum absolute atomic E-state index is 0.329. The summed E-state index contributed by atoms with van der Waals surface area (Å²) in [6, 6.07) is 1.56. The molecule has 1 rings (SSSR count). The van der Waals surface area contributed by atoms with Gasteiger partial charge in [-0.25, -0.2) is 4.79 Å². The van der Waals surface area contributed by atoms with Crippen molar-refractivity contribution in [2.24, 2.45) is 0 Å². The van der Waals surface area contributed by atoms with Crippen LogP contribution in [0.4, 0.5) is 0 Å². The van der Waals surface area contributed by atoms with Crippen LogP contribution >= 0.6 is 11.6 Å². The molecule has 4 nitrogen and oxygen atoms in total. The molecule has 0 aliphatic heterocycles. The van der Waals surface area contributed by atoms with Gasteiger partial charge in [0, 0.05) is 6.20 Å². The summed E-state index contributed by atoms with van der Waals surface area (Å²) in [6.07, 6.45) is 2.98. The smallest absolute Gasteiger partial charge is 0.342 e. The van der Waals surface area contributed by atoms with Gasteiger partial charge in [-0.3, -0.25) is 4.98 Å². The summed E-state index contributed by atoms with van der Waals surface area (Å²) in [5.74, 6) is 0.345. The Hall–Kier alpha value is -1.29. The molecule has 1 aromatic heterocycles. The van der Waals surface area contributed by atoms with Crippen molar-refractivity contribution in [3.63, 3.8) is 0 Å². The van der Waals surface area contributed by atoms with Crippen LogP contribution in [0, 0.1) is 0 Å². The third-order valence-corrected chi connectivity index (χ3v) is 1.77. The van der Waals surface area contributed by atoms with E-state index in [0.29, 0.717) is 30.4 Å². The van der Waals surface area contributed by atoms with E-state index in [4.69, 9.17) is 21.1 Å². The minimum atomic E-state index is -0.413. The monoisotopic (exact) mass is 229 g/mol. The topological polar surface area (TPSA) is 48.4 Å². The zero-order chi connectivity index (χ0) is 11.1. The molecule has 0 bridgehead atoms. The normalized spacial score (nSPS) is 9.73. The quantitative estimate of drug-likeness (QED) is 0.571. The van der Waals surface area contributed by atoms with Crippen LogP contribution in [0.3, 0.4) is 0 Å². The molecule has 0 saturated carbocycles. The van der Waals surface area contributed by atoms with Gasteiger partial charge in [-0.1, -0.05) is 0 Å². The van der Waals surface area contributed by atoms with Crippen molar-refractivity contribution in [3.8, 4) is 5.75 Å². The highest BCUT2D eigenvalue weighted by atomic mass is 35.5. The molecule has 0 atom stereocenters. The molecule has 0 aliphatic rings. The van der Waals surface area contributed by atoms with Gasteiger partial charge in [0.15, 0.2) is 5.75 Å². The first-order valence-corrected chi connectivity index (χ1v) is 5.13. The van der Waals surface area contributed by atoms with Crippen LogP contribution in [0.1, 0.15) is 17.3 Å². The number of carbonyl (C=O) groups excluding carboxylic acids is 1. The van der Waals surface area contributed by atoms with Crippen LogP contribution in [0.2, 0.25) is 0 Å². The Balaban J connectivity index is 2.80. The number of alkyl halides is 1. The summed E-state index contributed by atoms with van der Waals surface area (Å²) in [7, 11) is 0. The number of hydrogen-bond donors (Lipinski definition) is 0. The molecule has 0 aromatic carbocycles. The summed E-state index contributed by atoms with van der Waals surface area (Å²) in [6.45, 7) is 2.41. The maximum atomic E-state index is 11.5. The number of ether oxygens (including phenoxy) is 2. The standard InChI is InChI=1S/C10H12ClNO3/c1-2-14-10(13)8-3-5-12-7-9(8)15-6-4-11/h3,5,7H,2,4,6H2,1H3. The van der Waals surface area contributed by atoms with E-state index in [-0.39, 0.29) is 0 Å². The molecular formula is C10H12ClNO3. The number of nitrogens with zero attached hydrogens (tertiary/aromatic N) is 1. The van der Waals surface area contributed by atoms with Crippen LogP contribution in [0.25, 0.3) is 0 Å². The van der Waals surface area contributed by atoms with Crippen molar-refractivity contribution in [2.45, 2.75) is 6.92 Å². The van der Waals surface area contributed by atoms with E-state index < -0.39 is 5.97 Å². The Morgan fingerprint density at radius 3 is 3.07 bits per heavy atom. The molecule has 0 aliphatic carbocycles. The molecule has 0 spiro atoms. The van der Waals surface area contributed by atoms with Gasteiger partial charge in [0.2, 0.25) is 0 Å². The molecular weight excluding hydrogens is 218 g/mol. The highest BCUT2D eigenvalue weighted by molar-refractivity contribution is 6.18. The summed E-state index contributed by atoms with van der Waals surface area (Å²) in [4.78, 5) is 15.3. The van der Waals surface area contributed by atoms with E-state index in [1.165, 1.54) is 12.4 Å². The van der Waals surface area contributed by atoms with Gasteiger partial charge < -0.3 is 9.47 Å². The Morgan fingerprint density at radius 1 is 1.60 bits per heavy atom. The van der Waals surface area contributed by atoms with Crippen LogP contribution in [-0.4, -0.2) is 30.0 Å². The largest absolute Gasteiger partial charge is 0.490 e. The maximum absolute atomic E-state index is 11.5. The first-order valence-electron chi connectivity index (χ1n) is 4.59. The van der Waals surface area contributed by atoms with E-state index in [1.54, 1.807) is 13.0 Å². The molecule has 0 saturated heterocycles. The molecule has 0 amide bonds. The molecule has 0 unspecified atom stereocenters. The molecule has 0 radical (unpaired) electrons. The summed E-state index contributed by atoms with van der Waals surface area (Å²) in [5.41, 5.74) is 0.372. The second kappa shape index (κ2) is 6.24. The number of rotatable bonds is 5. The fourth-order valence-electron chi connectivity index (χ4n) is 1.02. The zero-order valence-electron chi connectivity index (χ0n) is 8.40. The zero-order valence-corrected chi connectivity index (χ0v) is 9.16. The van der Waals surface area contributed by atoms with E-state index in [0.717, 1.165) is 0 Å². The van der Waals surface area contributed by atoms with E-state index in [1.807, 2.05) is 0 Å². The van der Waals surface area contributed by atoms with Crippen LogP contribution in [-0.2, 0) is 4.74 Å². The van der Waals surface area contributed by atoms with Crippen LogP contribution in [0.5, 0.6) is 5.75 Å². The second-order valence-electron chi connectivity index (χ2n) is 2.63. The fraction of sp³-hybridized carbons (Fsp3) is 0.400. The van der Waals surface area contributed by atoms with Crippen molar-refractivity contribution in [2.75, 3.05) is 19.1 Å². The average molecular weight is 230 g/mol. The highest BCUT2D eigenvalue weighted by Crippen LogP contribution is 2.17. The number of hydrogen-bond acceptors (Lipinski definition) is 4. The number of carbonyl (C=O) groups is 1. The Kier molecular flexibility index (Phi) is 4.90. The van der Waals surface area contributed by atoms with Gasteiger partial charge in [-0.2, -0.15) is 0 Å². The molecule has 1 heterocycles. The summed E-state index contributed by atoms with van der Waals surface area (Å²) >= 11 is 5.48.